The highest BCUT2D eigenvalue weighted by molar-refractivity contribution is 5.66. The molecule has 2 aliphatic carbocycles. The molecule has 0 amide bonds. The minimum Gasteiger partial charge on any atom is -0.393 e. The normalized spacial score (nSPS) is 18.9. The van der Waals surface area contributed by atoms with Gasteiger partial charge in [-0.25, -0.2) is 0 Å². The number of hydrogen-bond donors (Lipinski definition) is 2. The molecule has 18 heavy (non-hydrogen) atoms. The van der Waals surface area contributed by atoms with E-state index in [1.807, 2.05) is 0 Å². The molecule has 1 aromatic rings. The molecule has 5 nitrogen and oxygen atoms in total. The number of nitro benzene ring substituents is 1. The van der Waals surface area contributed by atoms with E-state index in [0.717, 1.165) is 17.5 Å². The standard InChI is InChI=1S/C13H17N3O2/c14-11-7-10(5-6-12(11)16(17)18)15-13(8-1-2-8)9-3-4-9/h5-9,13,15H,1-4,14H2. The molecule has 0 saturated heterocycles. The SMILES string of the molecule is Nc1cc(NC(C2CC2)C2CC2)ccc1[N+](=O)[O-]. The molecular formula is C13H17N3O2. The van der Waals surface area contributed by atoms with Gasteiger partial charge in [-0.05, 0) is 49.7 Å². The lowest BCUT2D eigenvalue weighted by atomic mass is 10.1. The third-order valence-corrected chi connectivity index (χ3v) is 3.82. The maximum atomic E-state index is 10.7. The van der Waals surface area contributed by atoms with Gasteiger partial charge in [0, 0.05) is 17.8 Å². The quantitative estimate of drug-likeness (QED) is 0.476. The Bertz CT molecular complexity index is 469. The average Bonchev–Trinajstić information content (AvgIpc) is 3.17. The Hall–Kier alpha value is -1.78. The van der Waals surface area contributed by atoms with Crippen LogP contribution in [0.3, 0.4) is 0 Å². The Labute approximate surface area is 106 Å². The summed E-state index contributed by atoms with van der Waals surface area (Å²) in [5.41, 5.74) is 6.82. The van der Waals surface area contributed by atoms with Crippen LogP contribution in [-0.4, -0.2) is 11.0 Å². The summed E-state index contributed by atoms with van der Waals surface area (Å²) in [6, 6.07) is 5.45. The lowest BCUT2D eigenvalue weighted by molar-refractivity contribution is -0.383. The molecule has 0 spiro atoms. The number of nitro groups is 1. The number of nitrogens with zero attached hydrogens (tertiary/aromatic N) is 1. The van der Waals surface area contributed by atoms with Crippen molar-refractivity contribution < 1.29 is 4.92 Å². The van der Waals surface area contributed by atoms with Crippen LogP contribution < -0.4 is 11.1 Å². The Morgan fingerprint density at radius 2 is 1.89 bits per heavy atom. The molecule has 1 aromatic carbocycles. The zero-order valence-corrected chi connectivity index (χ0v) is 10.1. The fourth-order valence-electron chi connectivity index (χ4n) is 2.53. The molecule has 0 heterocycles. The number of nitrogen functional groups attached to an aromatic ring is 1. The summed E-state index contributed by atoms with van der Waals surface area (Å²) in [5, 5.41) is 14.2. The van der Waals surface area contributed by atoms with Gasteiger partial charge in [0.1, 0.15) is 5.69 Å². The molecule has 5 heteroatoms. The molecule has 2 saturated carbocycles. The van der Waals surface area contributed by atoms with Crippen LogP contribution in [0.4, 0.5) is 17.1 Å². The van der Waals surface area contributed by atoms with Crippen molar-refractivity contribution in [1.29, 1.82) is 0 Å². The Morgan fingerprint density at radius 1 is 1.28 bits per heavy atom. The summed E-state index contributed by atoms with van der Waals surface area (Å²) in [7, 11) is 0. The minimum atomic E-state index is -0.446. The van der Waals surface area contributed by atoms with E-state index in [4.69, 9.17) is 5.73 Å². The number of benzene rings is 1. The molecule has 0 radical (unpaired) electrons. The Morgan fingerprint density at radius 3 is 2.33 bits per heavy atom. The molecule has 0 unspecified atom stereocenters. The predicted octanol–water partition coefficient (Wildman–Crippen LogP) is 2.78. The smallest absolute Gasteiger partial charge is 0.292 e. The number of nitrogens with one attached hydrogen (secondary N) is 1. The predicted molar refractivity (Wildman–Crippen MR) is 70.4 cm³/mol. The first-order chi connectivity index (χ1) is 8.65. The third kappa shape index (κ3) is 2.25. The summed E-state index contributed by atoms with van der Waals surface area (Å²) in [6.45, 7) is 0. The van der Waals surface area contributed by atoms with Crippen LogP contribution in [0.1, 0.15) is 25.7 Å². The second kappa shape index (κ2) is 4.15. The van der Waals surface area contributed by atoms with Crippen molar-refractivity contribution in [2.75, 3.05) is 11.1 Å². The highest BCUT2D eigenvalue weighted by atomic mass is 16.6. The molecule has 0 atom stereocenters. The number of nitrogens with two attached hydrogens (primary N) is 1. The van der Waals surface area contributed by atoms with E-state index in [1.54, 1.807) is 12.1 Å². The summed E-state index contributed by atoms with van der Waals surface area (Å²) in [4.78, 5) is 10.3. The molecular weight excluding hydrogens is 230 g/mol. The van der Waals surface area contributed by atoms with Gasteiger partial charge in [-0.2, -0.15) is 0 Å². The van der Waals surface area contributed by atoms with Gasteiger partial charge in [0.15, 0.2) is 0 Å². The molecule has 0 aromatic heterocycles. The fourth-order valence-corrected chi connectivity index (χ4v) is 2.53. The number of hydrogen-bond acceptors (Lipinski definition) is 4. The first-order valence-corrected chi connectivity index (χ1v) is 6.45. The van der Waals surface area contributed by atoms with E-state index in [2.05, 4.69) is 5.32 Å². The van der Waals surface area contributed by atoms with Crippen molar-refractivity contribution in [3.63, 3.8) is 0 Å². The van der Waals surface area contributed by atoms with E-state index in [0.29, 0.717) is 6.04 Å². The van der Waals surface area contributed by atoms with Crippen molar-refractivity contribution in [3.05, 3.63) is 28.3 Å². The highest BCUT2D eigenvalue weighted by Gasteiger charge is 2.41. The van der Waals surface area contributed by atoms with Crippen LogP contribution in [-0.2, 0) is 0 Å². The van der Waals surface area contributed by atoms with E-state index in [-0.39, 0.29) is 11.4 Å². The van der Waals surface area contributed by atoms with Crippen molar-refractivity contribution in [2.24, 2.45) is 11.8 Å². The van der Waals surface area contributed by atoms with Gasteiger partial charge in [-0.1, -0.05) is 0 Å². The van der Waals surface area contributed by atoms with E-state index >= 15 is 0 Å². The van der Waals surface area contributed by atoms with Crippen LogP contribution in [0.2, 0.25) is 0 Å². The summed E-state index contributed by atoms with van der Waals surface area (Å²) in [6.07, 6.45) is 5.21. The van der Waals surface area contributed by atoms with Crippen LogP contribution in [0.5, 0.6) is 0 Å². The summed E-state index contributed by atoms with van der Waals surface area (Å²) in [5.74, 6) is 1.57. The van der Waals surface area contributed by atoms with Crippen molar-refractivity contribution in [2.45, 2.75) is 31.7 Å². The first kappa shape index (κ1) is 11.3. The average molecular weight is 247 g/mol. The summed E-state index contributed by atoms with van der Waals surface area (Å²) < 4.78 is 0. The molecule has 3 rings (SSSR count). The van der Waals surface area contributed by atoms with Gasteiger partial charge in [0.05, 0.1) is 4.92 Å². The maximum absolute atomic E-state index is 10.7. The molecule has 2 fully saturated rings. The van der Waals surface area contributed by atoms with E-state index in [1.165, 1.54) is 31.7 Å². The fraction of sp³-hybridized carbons (Fsp3) is 0.538. The molecule has 0 aliphatic heterocycles. The van der Waals surface area contributed by atoms with Gasteiger partial charge in [-0.15, -0.1) is 0 Å². The maximum Gasteiger partial charge on any atom is 0.292 e. The molecule has 3 N–H and O–H groups in total. The first-order valence-electron chi connectivity index (χ1n) is 6.45. The number of anilines is 2. The van der Waals surface area contributed by atoms with Gasteiger partial charge >= 0.3 is 0 Å². The second-order valence-corrected chi connectivity index (χ2v) is 5.38. The van der Waals surface area contributed by atoms with Crippen LogP contribution in [0.25, 0.3) is 0 Å². The molecule has 2 aliphatic rings. The monoisotopic (exact) mass is 247 g/mol. The van der Waals surface area contributed by atoms with E-state index < -0.39 is 4.92 Å². The van der Waals surface area contributed by atoms with Crippen molar-refractivity contribution in [1.82, 2.24) is 0 Å². The third-order valence-electron chi connectivity index (χ3n) is 3.82. The van der Waals surface area contributed by atoms with Crippen LogP contribution >= 0.6 is 0 Å². The van der Waals surface area contributed by atoms with Gasteiger partial charge in [-0.3, -0.25) is 10.1 Å². The minimum absolute atomic E-state index is 0.0186. The number of rotatable bonds is 5. The zero-order valence-electron chi connectivity index (χ0n) is 10.1. The van der Waals surface area contributed by atoms with Crippen LogP contribution in [0, 0.1) is 22.0 Å². The molecule has 0 bridgehead atoms. The molecule has 96 valence electrons. The van der Waals surface area contributed by atoms with E-state index in [9.17, 15) is 10.1 Å². The van der Waals surface area contributed by atoms with Crippen molar-refractivity contribution in [3.8, 4) is 0 Å². The largest absolute Gasteiger partial charge is 0.393 e. The van der Waals surface area contributed by atoms with Gasteiger partial charge < -0.3 is 11.1 Å². The van der Waals surface area contributed by atoms with Gasteiger partial charge in [0.25, 0.3) is 5.69 Å². The summed E-state index contributed by atoms with van der Waals surface area (Å²) >= 11 is 0. The zero-order chi connectivity index (χ0) is 12.7. The van der Waals surface area contributed by atoms with Crippen molar-refractivity contribution >= 4 is 17.1 Å². The highest BCUT2D eigenvalue weighted by Crippen LogP contribution is 2.46. The lowest BCUT2D eigenvalue weighted by Gasteiger charge is -2.19. The Kier molecular flexibility index (Phi) is 2.61. The second-order valence-electron chi connectivity index (χ2n) is 5.38. The lowest BCUT2D eigenvalue weighted by Crippen LogP contribution is -2.24. The Balaban J connectivity index is 1.75. The van der Waals surface area contributed by atoms with Crippen LogP contribution in [0.15, 0.2) is 18.2 Å². The topological polar surface area (TPSA) is 81.2 Å². The van der Waals surface area contributed by atoms with Gasteiger partial charge in [0.2, 0.25) is 0 Å².